The molecule has 2 aromatic rings. The summed E-state index contributed by atoms with van der Waals surface area (Å²) in [6.45, 7) is 6.70. The largest absolute Gasteiger partial charge is 0.395 e. The number of fused-ring (bicyclic) bond motifs is 1. The van der Waals surface area contributed by atoms with Crippen LogP contribution in [0.1, 0.15) is 29.6 Å². The fourth-order valence-electron chi connectivity index (χ4n) is 1.99. The zero-order valence-corrected chi connectivity index (χ0v) is 12.3. The lowest BCUT2D eigenvalue weighted by atomic mass is 10.2. The molecule has 0 aliphatic heterocycles. The van der Waals surface area contributed by atoms with Crippen molar-refractivity contribution in [3.05, 3.63) is 22.5 Å². The maximum atomic E-state index is 9.32. The fourth-order valence-corrected chi connectivity index (χ4v) is 2.88. The van der Waals surface area contributed by atoms with Crippen LogP contribution in [0.3, 0.4) is 0 Å². The van der Waals surface area contributed by atoms with Crippen molar-refractivity contribution in [1.29, 1.82) is 0 Å². The molecule has 0 saturated heterocycles. The molecule has 1 atom stereocenters. The molecule has 0 aromatic carbocycles. The molecule has 0 amide bonds. The molecule has 0 spiro atoms. The Kier molecular flexibility index (Phi) is 4.59. The van der Waals surface area contributed by atoms with Gasteiger partial charge >= 0.3 is 0 Å². The van der Waals surface area contributed by atoms with Gasteiger partial charge in [0, 0.05) is 30.1 Å². The minimum Gasteiger partial charge on any atom is -0.395 e. The Morgan fingerprint density at radius 3 is 3.00 bits per heavy atom. The van der Waals surface area contributed by atoms with Gasteiger partial charge in [-0.05, 0) is 20.8 Å². The molecule has 4 nitrogen and oxygen atoms in total. The molecule has 102 valence electrons. The van der Waals surface area contributed by atoms with Gasteiger partial charge in [-0.25, -0.2) is 4.98 Å². The molecule has 0 aliphatic rings. The zero-order chi connectivity index (χ0) is 13.8. The van der Waals surface area contributed by atoms with E-state index in [9.17, 15) is 5.11 Å². The summed E-state index contributed by atoms with van der Waals surface area (Å²) in [6, 6.07) is 0.0112. The van der Waals surface area contributed by atoms with E-state index in [2.05, 4.69) is 39.7 Å². The first-order valence-electron chi connectivity index (χ1n) is 6.33. The van der Waals surface area contributed by atoms with Crippen molar-refractivity contribution in [3.8, 4) is 11.8 Å². The van der Waals surface area contributed by atoms with E-state index in [1.165, 1.54) is 4.88 Å². The van der Waals surface area contributed by atoms with Gasteiger partial charge in [-0.15, -0.1) is 23.2 Å². The van der Waals surface area contributed by atoms with Crippen LogP contribution in [-0.4, -0.2) is 27.1 Å². The highest BCUT2D eigenvalue weighted by Gasteiger charge is 2.12. The second-order valence-electron chi connectivity index (χ2n) is 4.53. The van der Waals surface area contributed by atoms with Crippen molar-refractivity contribution in [2.45, 2.75) is 39.8 Å². The smallest absolute Gasteiger partial charge is 0.194 e. The summed E-state index contributed by atoms with van der Waals surface area (Å²) in [5.41, 5.74) is 2.19. The van der Waals surface area contributed by atoms with Gasteiger partial charge in [0.05, 0.1) is 18.0 Å². The molecule has 0 saturated carbocycles. The Labute approximate surface area is 117 Å². The van der Waals surface area contributed by atoms with Crippen LogP contribution in [0.4, 0.5) is 0 Å². The second-order valence-corrected chi connectivity index (χ2v) is 5.74. The van der Waals surface area contributed by atoms with Crippen molar-refractivity contribution in [2.24, 2.45) is 0 Å². The van der Waals surface area contributed by atoms with Crippen LogP contribution in [0, 0.1) is 25.7 Å². The SMILES string of the molecule is CC#CCC(CO)NCc1c(C)nc2sc(C)cn12. The molecule has 0 fully saturated rings. The number of thiazole rings is 1. The number of aliphatic hydroxyl groups excluding tert-OH is 1. The summed E-state index contributed by atoms with van der Waals surface area (Å²) < 4.78 is 2.13. The van der Waals surface area contributed by atoms with E-state index >= 15 is 0 Å². The molecule has 1 unspecified atom stereocenters. The van der Waals surface area contributed by atoms with E-state index in [1.807, 2.05) is 13.8 Å². The minimum absolute atomic E-state index is 0.0112. The molecular formula is C14H19N3OS. The maximum Gasteiger partial charge on any atom is 0.194 e. The van der Waals surface area contributed by atoms with Crippen molar-refractivity contribution >= 4 is 16.3 Å². The molecule has 2 N–H and O–H groups in total. The van der Waals surface area contributed by atoms with Gasteiger partial charge in [0.25, 0.3) is 0 Å². The lowest BCUT2D eigenvalue weighted by Crippen LogP contribution is -2.32. The third kappa shape index (κ3) is 3.16. The number of aryl methyl sites for hydroxylation is 2. The predicted molar refractivity (Wildman–Crippen MR) is 78.3 cm³/mol. The van der Waals surface area contributed by atoms with Crippen LogP contribution in [-0.2, 0) is 6.54 Å². The zero-order valence-electron chi connectivity index (χ0n) is 11.5. The minimum atomic E-state index is 0.0112. The molecular weight excluding hydrogens is 258 g/mol. The highest BCUT2D eigenvalue weighted by atomic mass is 32.1. The number of imidazole rings is 1. The van der Waals surface area contributed by atoms with Gasteiger partial charge in [0.1, 0.15) is 0 Å². The summed E-state index contributed by atoms with van der Waals surface area (Å²) in [4.78, 5) is 6.83. The lowest BCUT2D eigenvalue weighted by Gasteiger charge is -2.13. The molecule has 19 heavy (non-hydrogen) atoms. The number of nitrogens with zero attached hydrogens (tertiary/aromatic N) is 2. The standard InChI is InChI=1S/C14H19N3OS/c1-4-5-6-12(9-18)15-7-13-11(3)16-14-17(13)8-10(2)19-14/h8,12,15,18H,6-7,9H2,1-3H3. The van der Waals surface area contributed by atoms with Crippen molar-refractivity contribution in [2.75, 3.05) is 6.61 Å². The van der Waals surface area contributed by atoms with Crippen LogP contribution in [0.25, 0.3) is 4.96 Å². The highest BCUT2D eigenvalue weighted by Crippen LogP contribution is 2.20. The van der Waals surface area contributed by atoms with E-state index in [1.54, 1.807) is 11.3 Å². The summed E-state index contributed by atoms with van der Waals surface area (Å²) in [5.74, 6) is 5.85. The summed E-state index contributed by atoms with van der Waals surface area (Å²) >= 11 is 1.69. The average Bonchev–Trinajstić information content (AvgIpc) is 2.86. The third-order valence-electron chi connectivity index (χ3n) is 3.04. The Bertz CT molecular complexity index is 618. The molecule has 5 heteroatoms. The Balaban J connectivity index is 2.11. The topological polar surface area (TPSA) is 49.6 Å². The first-order valence-corrected chi connectivity index (χ1v) is 7.15. The monoisotopic (exact) mass is 277 g/mol. The molecule has 2 rings (SSSR count). The van der Waals surface area contributed by atoms with Crippen LogP contribution in [0.15, 0.2) is 6.20 Å². The van der Waals surface area contributed by atoms with Crippen LogP contribution >= 0.6 is 11.3 Å². The van der Waals surface area contributed by atoms with Gasteiger partial charge in [-0.1, -0.05) is 0 Å². The number of rotatable bonds is 5. The number of hydrogen-bond acceptors (Lipinski definition) is 4. The van der Waals surface area contributed by atoms with Gasteiger partial charge in [-0.2, -0.15) is 0 Å². The molecule has 0 aliphatic carbocycles. The van der Waals surface area contributed by atoms with E-state index < -0.39 is 0 Å². The molecule has 0 radical (unpaired) electrons. The Hall–Kier alpha value is -1.35. The van der Waals surface area contributed by atoms with Crippen LogP contribution < -0.4 is 5.32 Å². The Morgan fingerprint density at radius 1 is 1.53 bits per heavy atom. The van der Waals surface area contributed by atoms with Gasteiger partial charge in [0.2, 0.25) is 0 Å². The number of hydrogen-bond donors (Lipinski definition) is 2. The van der Waals surface area contributed by atoms with Crippen LogP contribution in [0.2, 0.25) is 0 Å². The van der Waals surface area contributed by atoms with Crippen LogP contribution in [0.5, 0.6) is 0 Å². The Morgan fingerprint density at radius 2 is 2.32 bits per heavy atom. The maximum absolute atomic E-state index is 9.32. The summed E-state index contributed by atoms with van der Waals surface area (Å²) in [7, 11) is 0. The van der Waals surface area contributed by atoms with Crippen molar-refractivity contribution in [3.63, 3.8) is 0 Å². The van der Waals surface area contributed by atoms with E-state index in [-0.39, 0.29) is 12.6 Å². The summed E-state index contributed by atoms with van der Waals surface area (Å²) in [5, 5.41) is 12.7. The fraction of sp³-hybridized carbons (Fsp3) is 0.500. The number of nitrogens with one attached hydrogen (secondary N) is 1. The van der Waals surface area contributed by atoms with Crippen molar-refractivity contribution < 1.29 is 5.11 Å². The first kappa shape index (κ1) is 14.1. The van der Waals surface area contributed by atoms with Crippen molar-refractivity contribution in [1.82, 2.24) is 14.7 Å². The average molecular weight is 277 g/mol. The molecule has 2 aromatic heterocycles. The lowest BCUT2D eigenvalue weighted by molar-refractivity contribution is 0.243. The van der Waals surface area contributed by atoms with Gasteiger partial charge in [-0.3, -0.25) is 4.40 Å². The van der Waals surface area contributed by atoms with E-state index in [4.69, 9.17) is 0 Å². The van der Waals surface area contributed by atoms with Gasteiger partial charge < -0.3 is 10.4 Å². The van der Waals surface area contributed by atoms with E-state index in [0.29, 0.717) is 13.0 Å². The normalized spacial score (nSPS) is 12.4. The quantitative estimate of drug-likeness (QED) is 0.820. The molecule has 2 heterocycles. The molecule has 0 bridgehead atoms. The second kappa shape index (κ2) is 6.20. The van der Waals surface area contributed by atoms with E-state index in [0.717, 1.165) is 16.3 Å². The first-order chi connectivity index (χ1) is 9.15. The van der Waals surface area contributed by atoms with Gasteiger partial charge in [0.15, 0.2) is 4.96 Å². The highest BCUT2D eigenvalue weighted by molar-refractivity contribution is 7.17. The third-order valence-corrected chi connectivity index (χ3v) is 3.94. The number of aliphatic hydroxyl groups is 1. The summed E-state index contributed by atoms with van der Waals surface area (Å²) in [6.07, 6.45) is 2.77. The predicted octanol–water partition coefficient (Wildman–Crippen LogP) is 1.88. The number of aromatic nitrogens is 2.